The fraction of sp³-hybridized carbons (Fsp3) is 0.467. The average Bonchev–Trinajstić information content (AvgIpc) is 2.89. The van der Waals surface area contributed by atoms with Crippen LogP contribution in [0.25, 0.3) is 0 Å². The highest BCUT2D eigenvalue weighted by molar-refractivity contribution is 5.99. The van der Waals surface area contributed by atoms with Gasteiger partial charge in [-0.05, 0) is 70.4 Å². The molecular formula is C30H42N4O7. The van der Waals surface area contributed by atoms with Crippen LogP contribution in [0.15, 0.2) is 42.5 Å². The van der Waals surface area contributed by atoms with E-state index >= 15 is 0 Å². The van der Waals surface area contributed by atoms with E-state index in [1.54, 1.807) is 70.2 Å². The van der Waals surface area contributed by atoms with Gasteiger partial charge >= 0.3 is 6.09 Å². The van der Waals surface area contributed by atoms with E-state index in [1.165, 1.54) is 12.0 Å². The zero-order valence-electron chi connectivity index (χ0n) is 24.7. The van der Waals surface area contributed by atoms with E-state index in [4.69, 9.17) is 15.2 Å². The van der Waals surface area contributed by atoms with Crippen molar-refractivity contribution in [2.75, 3.05) is 19.0 Å². The molecule has 2 aromatic rings. The van der Waals surface area contributed by atoms with E-state index in [0.717, 1.165) is 0 Å². The smallest absolute Gasteiger partial charge is 0.408 e. The quantitative estimate of drug-likeness (QED) is 0.281. The van der Waals surface area contributed by atoms with Crippen molar-refractivity contribution in [1.29, 1.82) is 0 Å². The summed E-state index contributed by atoms with van der Waals surface area (Å²) in [6.07, 6.45) is 0.0736. The Balaban J connectivity index is 2.58. The number of unbranched alkanes of at least 4 members (excludes halogenated alkanes) is 1. The molecule has 0 aliphatic carbocycles. The number of alkyl carbamates (subject to hydrolysis) is 1. The van der Waals surface area contributed by atoms with E-state index in [2.05, 4.69) is 10.6 Å². The summed E-state index contributed by atoms with van der Waals surface area (Å²) in [4.78, 5) is 53.7. The molecule has 0 saturated heterocycles. The Morgan fingerprint density at radius 3 is 2.29 bits per heavy atom. The maximum Gasteiger partial charge on any atom is 0.408 e. The van der Waals surface area contributed by atoms with Crippen molar-refractivity contribution in [3.8, 4) is 11.5 Å². The number of carbonyl (C=O) groups excluding carboxylic acids is 4. The first-order valence-electron chi connectivity index (χ1n) is 13.6. The summed E-state index contributed by atoms with van der Waals surface area (Å²) >= 11 is 0. The van der Waals surface area contributed by atoms with Crippen molar-refractivity contribution in [2.24, 2.45) is 5.73 Å². The van der Waals surface area contributed by atoms with Gasteiger partial charge in [0.2, 0.25) is 11.8 Å². The fourth-order valence-electron chi connectivity index (χ4n) is 4.13. The number of phenolic OH excluding ortho intramolecular Hbond substituents is 1. The summed E-state index contributed by atoms with van der Waals surface area (Å²) in [7, 11) is 1.53. The van der Waals surface area contributed by atoms with Gasteiger partial charge in [-0.3, -0.25) is 14.4 Å². The minimum absolute atomic E-state index is 0.108. The number of aromatic hydroxyl groups is 1. The van der Waals surface area contributed by atoms with Gasteiger partial charge < -0.3 is 35.8 Å². The molecule has 0 aliphatic rings. The number of primary amides is 1. The van der Waals surface area contributed by atoms with Gasteiger partial charge in [0.15, 0.2) is 0 Å². The van der Waals surface area contributed by atoms with Crippen molar-refractivity contribution < 1.29 is 33.8 Å². The fourth-order valence-corrected chi connectivity index (χ4v) is 4.13. The van der Waals surface area contributed by atoms with Crippen LogP contribution in [0.2, 0.25) is 0 Å². The monoisotopic (exact) mass is 570 g/mol. The molecule has 0 aromatic heterocycles. The Morgan fingerprint density at radius 1 is 1.07 bits per heavy atom. The van der Waals surface area contributed by atoms with E-state index in [1.807, 2.05) is 6.92 Å². The number of phenols is 1. The van der Waals surface area contributed by atoms with Crippen LogP contribution in [0.5, 0.6) is 11.5 Å². The molecule has 2 atom stereocenters. The van der Waals surface area contributed by atoms with Crippen LogP contribution in [0.1, 0.15) is 70.5 Å². The lowest BCUT2D eigenvalue weighted by atomic mass is 9.98. The number of aryl methyl sites for hydroxylation is 1. The third-order valence-corrected chi connectivity index (χ3v) is 6.19. The molecule has 11 nitrogen and oxygen atoms in total. The summed E-state index contributed by atoms with van der Waals surface area (Å²) in [6.45, 7) is 8.80. The molecule has 0 saturated carbocycles. The largest absolute Gasteiger partial charge is 0.507 e. The molecule has 0 bridgehead atoms. The van der Waals surface area contributed by atoms with Gasteiger partial charge in [-0.25, -0.2) is 4.79 Å². The molecule has 4 amide bonds. The zero-order chi connectivity index (χ0) is 30.7. The number of nitrogens with two attached hydrogens (primary N) is 1. The SMILES string of the molecule is CCCCN(C(=O)C(CCC(N)=O)NC(=O)OC(C)(C)C)C(C(=O)Nc1ccc(OC)cc1)c1cccc(C)c1O. The Bertz CT molecular complexity index is 1210. The number of carbonyl (C=O) groups is 4. The highest BCUT2D eigenvalue weighted by atomic mass is 16.6. The Morgan fingerprint density at radius 2 is 1.73 bits per heavy atom. The van der Waals surface area contributed by atoms with Crippen molar-refractivity contribution in [3.05, 3.63) is 53.6 Å². The second-order valence-corrected chi connectivity index (χ2v) is 10.7. The van der Waals surface area contributed by atoms with Crippen LogP contribution in [0, 0.1) is 6.92 Å². The number of amides is 4. The zero-order valence-corrected chi connectivity index (χ0v) is 24.7. The van der Waals surface area contributed by atoms with Crippen LogP contribution >= 0.6 is 0 Å². The Hall–Kier alpha value is -4.28. The molecule has 41 heavy (non-hydrogen) atoms. The van der Waals surface area contributed by atoms with Crippen molar-refractivity contribution >= 4 is 29.5 Å². The number of hydrogen-bond acceptors (Lipinski definition) is 7. The van der Waals surface area contributed by atoms with Gasteiger partial charge in [0.25, 0.3) is 5.91 Å². The van der Waals surface area contributed by atoms with Crippen LogP contribution in [0.3, 0.4) is 0 Å². The van der Waals surface area contributed by atoms with E-state index in [9.17, 15) is 24.3 Å². The van der Waals surface area contributed by atoms with Gasteiger partial charge in [-0.1, -0.05) is 31.5 Å². The minimum atomic E-state index is -1.27. The maximum absolute atomic E-state index is 14.1. The molecule has 2 aromatic carbocycles. The molecule has 0 spiro atoms. The highest BCUT2D eigenvalue weighted by Gasteiger charge is 2.37. The van der Waals surface area contributed by atoms with Crippen molar-refractivity contribution in [1.82, 2.24) is 10.2 Å². The van der Waals surface area contributed by atoms with Crippen LogP contribution in [-0.2, 0) is 19.1 Å². The van der Waals surface area contributed by atoms with Gasteiger partial charge in [-0.2, -0.15) is 0 Å². The molecule has 2 unspecified atom stereocenters. The van der Waals surface area contributed by atoms with Crippen LogP contribution < -0.4 is 21.1 Å². The first kappa shape index (κ1) is 32.9. The molecule has 0 fully saturated rings. The van der Waals surface area contributed by atoms with Gasteiger partial charge in [0.05, 0.1) is 7.11 Å². The molecule has 11 heteroatoms. The minimum Gasteiger partial charge on any atom is -0.507 e. The van der Waals surface area contributed by atoms with E-state index < -0.39 is 41.5 Å². The Kier molecular flexibility index (Phi) is 12.0. The first-order valence-corrected chi connectivity index (χ1v) is 13.6. The molecule has 5 N–H and O–H groups in total. The van der Waals surface area contributed by atoms with Crippen LogP contribution in [-0.4, -0.2) is 59.1 Å². The number of nitrogens with zero attached hydrogens (tertiary/aromatic N) is 1. The summed E-state index contributed by atoms with van der Waals surface area (Å²) < 4.78 is 10.5. The maximum atomic E-state index is 14.1. The number of methoxy groups -OCH3 is 1. The first-order chi connectivity index (χ1) is 19.3. The lowest BCUT2D eigenvalue weighted by Gasteiger charge is -2.35. The van der Waals surface area contributed by atoms with Gasteiger partial charge in [0.1, 0.15) is 29.2 Å². The number of ether oxygens (including phenoxy) is 2. The molecule has 224 valence electrons. The molecule has 0 aliphatic heterocycles. The standard InChI is InChI=1S/C30H42N4O7/c1-7-8-18-34(28(38)23(16-17-24(31)35)33-29(39)41-30(3,4)5)25(22-11-9-10-19(2)26(22)36)27(37)32-20-12-14-21(40-6)15-13-20/h9-15,23,25,36H,7-8,16-18H2,1-6H3,(H2,31,35)(H,32,37)(H,33,39). The third kappa shape index (κ3) is 10.0. The number of para-hydroxylation sites is 1. The lowest BCUT2D eigenvalue weighted by molar-refractivity contribution is -0.141. The Labute approximate surface area is 241 Å². The van der Waals surface area contributed by atoms with Crippen LogP contribution in [0.4, 0.5) is 10.5 Å². The van der Waals surface area contributed by atoms with E-state index in [0.29, 0.717) is 29.8 Å². The van der Waals surface area contributed by atoms with Crippen molar-refractivity contribution in [3.63, 3.8) is 0 Å². The van der Waals surface area contributed by atoms with Gasteiger partial charge in [0, 0.05) is 24.2 Å². The second-order valence-electron chi connectivity index (χ2n) is 10.7. The molecular weight excluding hydrogens is 528 g/mol. The van der Waals surface area contributed by atoms with E-state index in [-0.39, 0.29) is 30.7 Å². The summed E-state index contributed by atoms with van der Waals surface area (Å²) in [6, 6.07) is 9.12. The summed E-state index contributed by atoms with van der Waals surface area (Å²) in [5.41, 5.74) is 5.71. The number of anilines is 1. The number of nitrogens with one attached hydrogen (secondary N) is 2. The lowest BCUT2D eigenvalue weighted by Crippen LogP contribution is -2.52. The predicted octanol–water partition coefficient (Wildman–Crippen LogP) is 4.18. The molecule has 2 rings (SSSR count). The topological polar surface area (TPSA) is 160 Å². The summed E-state index contributed by atoms with van der Waals surface area (Å²) in [5.74, 6) is -1.39. The predicted molar refractivity (Wildman–Crippen MR) is 155 cm³/mol. The third-order valence-electron chi connectivity index (χ3n) is 6.19. The highest BCUT2D eigenvalue weighted by Crippen LogP contribution is 2.33. The molecule has 0 heterocycles. The number of rotatable bonds is 13. The second kappa shape index (κ2) is 14.9. The number of benzene rings is 2. The normalized spacial score (nSPS) is 12.5. The van der Waals surface area contributed by atoms with Gasteiger partial charge in [-0.15, -0.1) is 0 Å². The molecule has 0 radical (unpaired) electrons. The average molecular weight is 571 g/mol. The summed E-state index contributed by atoms with van der Waals surface area (Å²) in [5, 5.41) is 16.4. The van der Waals surface area contributed by atoms with Crippen molar-refractivity contribution in [2.45, 2.75) is 78.0 Å². The number of hydrogen-bond donors (Lipinski definition) is 4.